The van der Waals surface area contributed by atoms with Crippen LogP contribution < -0.4 is 5.73 Å². The summed E-state index contributed by atoms with van der Waals surface area (Å²) in [6.45, 7) is 1.93. The van der Waals surface area contributed by atoms with Crippen LogP contribution in [0.2, 0.25) is 0 Å². The van der Waals surface area contributed by atoms with Gasteiger partial charge in [0.15, 0.2) is 6.29 Å². The van der Waals surface area contributed by atoms with Gasteiger partial charge in [0.1, 0.15) is 0 Å². The van der Waals surface area contributed by atoms with Gasteiger partial charge < -0.3 is 10.7 Å². The molecule has 0 amide bonds. The first-order valence-electron chi connectivity index (χ1n) is 4.05. The van der Waals surface area contributed by atoms with E-state index in [0.29, 0.717) is 11.3 Å². The normalized spacial score (nSPS) is 10.5. The topological polar surface area (TPSA) is 58.9 Å². The minimum Gasteiger partial charge on any atom is -0.398 e. The number of nitrogens with one attached hydrogen (secondary N) is 1. The number of hydrogen-bond donors (Lipinski definition) is 2. The molecule has 0 bridgehead atoms. The molecule has 0 aliphatic carbocycles. The van der Waals surface area contributed by atoms with E-state index in [0.717, 1.165) is 22.8 Å². The summed E-state index contributed by atoms with van der Waals surface area (Å²) in [5.41, 5.74) is 9.07. The Balaban J connectivity index is 2.93. The van der Waals surface area contributed by atoms with Crippen LogP contribution in [0.1, 0.15) is 15.9 Å². The number of aryl methyl sites for hydroxylation is 1. The van der Waals surface area contributed by atoms with Crippen LogP contribution in [-0.2, 0) is 0 Å². The molecule has 0 saturated carbocycles. The van der Waals surface area contributed by atoms with E-state index in [1.807, 2.05) is 19.1 Å². The Kier molecular flexibility index (Phi) is 1.59. The number of nitrogens with two attached hydrogens (primary N) is 1. The minimum atomic E-state index is 0.621. The predicted octanol–water partition coefficient (Wildman–Crippen LogP) is 1.87. The highest BCUT2D eigenvalue weighted by atomic mass is 16.1. The number of carbonyl (C=O) groups excluding carboxylic acids is 1. The van der Waals surface area contributed by atoms with Gasteiger partial charge in [-0.25, -0.2) is 0 Å². The van der Waals surface area contributed by atoms with Gasteiger partial charge in [-0.05, 0) is 18.6 Å². The zero-order valence-corrected chi connectivity index (χ0v) is 7.29. The highest BCUT2D eigenvalue weighted by Crippen LogP contribution is 2.26. The van der Waals surface area contributed by atoms with Gasteiger partial charge in [0.2, 0.25) is 0 Å². The second-order valence-electron chi connectivity index (χ2n) is 3.08. The van der Waals surface area contributed by atoms with Crippen molar-refractivity contribution >= 4 is 22.9 Å². The molecule has 1 aromatic carbocycles. The van der Waals surface area contributed by atoms with Crippen LogP contribution in [0.3, 0.4) is 0 Å². The van der Waals surface area contributed by atoms with Crippen molar-refractivity contribution < 1.29 is 4.79 Å². The van der Waals surface area contributed by atoms with E-state index in [1.54, 1.807) is 6.20 Å². The van der Waals surface area contributed by atoms with Crippen molar-refractivity contribution in [2.24, 2.45) is 0 Å². The maximum Gasteiger partial charge on any atom is 0.152 e. The molecule has 0 unspecified atom stereocenters. The fourth-order valence-corrected chi connectivity index (χ4v) is 1.48. The van der Waals surface area contributed by atoms with Crippen molar-refractivity contribution in [3.63, 3.8) is 0 Å². The van der Waals surface area contributed by atoms with E-state index >= 15 is 0 Å². The number of rotatable bonds is 1. The number of nitrogen functional groups attached to an aromatic ring is 1. The van der Waals surface area contributed by atoms with Crippen molar-refractivity contribution in [1.29, 1.82) is 0 Å². The summed E-state index contributed by atoms with van der Waals surface area (Å²) in [4.78, 5) is 13.7. The Labute approximate surface area is 75.6 Å². The second-order valence-corrected chi connectivity index (χ2v) is 3.08. The molecule has 3 N–H and O–H groups in total. The molecule has 13 heavy (non-hydrogen) atoms. The lowest BCUT2D eigenvalue weighted by Crippen LogP contribution is -1.91. The molecule has 0 radical (unpaired) electrons. The number of fused-ring (bicyclic) bond motifs is 1. The predicted molar refractivity (Wildman–Crippen MR) is 52.8 cm³/mol. The third-order valence-corrected chi connectivity index (χ3v) is 2.26. The van der Waals surface area contributed by atoms with Crippen LogP contribution in [0.25, 0.3) is 10.9 Å². The van der Waals surface area contributed by atoms with Crippen LogP contribution >= 0.6 is 0 Å². The molecule has 2 aromatic rings. The summed E-state index contributed by atoms with van der Waals surface area (Å²) >= 11 is 0. The van der Waals surface area contributed by atoms with E-state index in [1.165, 1.54) is 0 Å². The number of anilines is 1. The molecule has 0 spiro atoms. The lowest BCUT2D eigenvalue weighted by atomic mass is 10.1. The molecule has 0 saturated heterocycles. The number of benzene rings is 1. The highest BCUT2D eigenvalue weighted by Gasteiger charge is 2.07. The third kappa shape index (κ3) is 1.01. The number of carbonyl (C=O) groups is 1. The van der Waals surface area contributed by atoms with Crippen LogP contribution in [0.5, 0.6) is 0 Å². The Morgan fingerprint density at radius 3 is 2.92 bits per heavy atom. The van der Waals surface area contributed by atoms with Crippen LogP contribution in [0.15, 0.2) is 18.3 Å². The van der Waals surface area contributed by atoms with Gasteiger partial charge in [-0.1, -0.05) is 6.07 Å². The number of aromatic nitrogens is 1. The zero-order chi connectivity index (χ0) is 9.42. The van der Waals surface area contributed by atoms with E-state index in [9.17, 15) is 4.79 Å². The fraction of sp³-hybridized carbons (Fsp3) is 0.100. The Morgan fingerprint density at radius 1 is 1.46 bits per heavy atom. The molecule has 2 rings (SSSR count). The Hall–Kier alpha value is -1.77. The third-order valence-electron chi connectivity index (χ3n) is 2.26. The molecule has 0 aliphatic heterocycles. The maximum absolute atomic E-state index is 10.7. The van der Waals surface area contributed by atoms with Crippen molar-refractivity contribution in [2.45, 2.75) is 6.92 Å². The monoisotopic (exact) mass is 174 g/mol. The van der Waals surface area contributed by atoms with Gasteiger partial charge in [0.25, 0.3) is 0 Å². The summed E-state index contributed by atoms with van der Waals surface area (Å²) in [5.74, 6) is 0. The van der Waals surface area contributed by atoms with Gasteiger partial charge in [0, 0.05) is 28.4 Å². The second kappa shape index (κ2) is 2.62. The first kappa shape index (κ1) is 7.86. The molecular weight excluding hydrogens is 164 g/mol. The largest absolute Gasteiger partial charge is 0.398 e. The summed E-state index contributed by atoms with van der Waals surface area (Å²) in [6.07, 6.45) is 2.49. The van der Waals surface area contributed by atoms with Gasteiger partial charge in [-0.2, -0.15) is 0 Å². The lowest BCUT2D eigenvalue weighted by molar-refractivity contribution is 0.112. The van der Waals surface area contributed by atoms with Gasteiger partial charge in [-0.15, -0.1) is 0 Å². The van der Waals surface area contributed by atoms with Crippen LogP contribution in [0, 0.1) is 6.92 Å². The summed E-state index contributed by atoms with van der Waals surface area (Å²) in [6, 6.07) is 3.86. The van der Waals surface area contributed by atoms with E-state index in [4.69, 9.17) is 5.73 Å². The Bertz CT molecular complexity index is 471. The van der Waals surface area contributed by atoms with Gasteiger partial charge in [0.05, 0.1) is 0 Å². The molecule has 0 aliphatic rings. The SMILES string of the molecule is Cc1ccc2[nH]cc(C=O)c2c1N. The average molecular weight is 174 g/mol. The molecule has 0 atom stereocenters. The molecule has 66 valence electrons. The molecule has 1 heterocycles. The first-order valence-corrected chi connectivity index (χ1v) is 4.05. The highest BCUT2D eigenvalue weighted by molar-refractivity contribution is 6.04. The number of aldehydes is 1. The molecular formula is C10H10N2O. The smallest absolute Gasteiger partial charge is 0.152 e. The number of H-pyrrole nitrogens is 1. The van der Waals surface area contributed by atoms with Crippen molar-refractivity contribution in [3.05, 3.63) is 29.5 Å². The maximum atomic E-state index is 10.7. The summed E-state index contributed by atoms with van der Waals surface area (Å²) in [7, 11) is 0. The van der Waals surface area contributed by atoms with Crippen molar-refractivity contribution in [2.75, 3.05) is 5.73 Å². The van der Waals surface area contributed by atoms with Crippen molar-refractivity contribution in [3.8, 4) is 0 Å². The lowest BCUT2D eigenvalue weighted by Gasteiger charge is -2.01. The minimum absolute atomic E-state index is 0.621. The molecule has 3 heteroatoms. The standard InChI is InChI=1S/C10H10N2O/c1-6-2-3-8-9(10(6)11)7(5-13)4-12-8/h2-5,12H,11H2,1H3. The van der Waals surface area contributed by atoms with Crippen molar-refractivity contribution in [1.82, 2.24) is 4.98 Å². The van der Waals surface area contributed by atoms with Gasteiger partial charge >= 0.3 is 0 Å². The number of hydrogen-bond acceptors (Lipinski definition) is 2. The molecule has 1 aromatic heterocycles. The molecule has 3 nitrogen and oxygen atoms in total. The van der Waals surface area contributed by atoms with E-state index in [2.05, 4.69) is 4.98 Å². The fourth-order valence-electron chi connectivity index (χ4n) is 1.48. The van der Waals surface area contributed by atoms with E-state index < -0.39 is 0 Å². The first-order chi connectivity index (χ1) is 6.24. The number of aromatic amines is 1. The summed E-state index contributed by atoms with van der Waals surface area (Å²) < 4.78 is 0. The van der Waals surface area contributed by atoms with Crippen LogP contribution in [-0.4, -0.2) is 11.3 Å². The summed E-state index contributed by atoms with van der Waals surface area (Å²) in [5, 5.41) is 0.829. The van der Waals surface area contributed by atoms with E-state index in [-0.39, 0.29) is 0 Å². The van der Waals surface area contributed by atoms with Gasteiger partial charge in [-0.3, -0.25) is 4.79 Å². The zero-order valence-electron chi connectivity index (χ0n) is 7.29. The van der Waals surface area contributed by atoms with Crippen LogP contribution in [0.4, 0.5) is 5.69 Å². The quantitative estimate of drug-likeness (QED) is 0.512. The Morgan fingerprint density at radius 2 is 2.23 bits per heavy atom. The average Bonchev–Trinajstić information content (AvgIpc) is 2.55. The molecule has 0 fully saturated rings.